The minimum Gasteiger partial charge on any atom is -0.478 e. The largest absolute Gasteiger partial charge is 0.478 e. The number of rotatable bonds is 4. The molecular formula is C16H15F3N4O3. The van der Waals surface area contributed by atoms with E-state index in [1.165, 1.54) is 24.3 Å². The molecule has 1 unspecified atom stereocenters. The second kappa shape index (κ2) is 6.36. The Hall–Kier alpha value is -3.04. The van der Waals surface area contributed by atoms with E-state index in [1.807, 2.05) is 0 Å². The summed E-state index contributed by atoms with van der Waals surface area (Å²) in [6.45, 7) is 2.24. The van der Waals surface area contributed by atoms with Crippen molar-refractivity contribution in [1.82, 2.24) is 15.1 Å². The fourth-order valence-electron chi connectivity index (χ4n) is 2.76. The number of hydrogen-bond acceptors (Lipinski definition) is 4. The Morgan fingerprint density at radius 3 is 2.54 bits per heavy atom. The van der Waals surface area contributed by atoms with Crippen molar-refractivity contribution in [3.63, 3.8) is 0 Å². The lowest BCUT2D eigenvalue weighted by Crippen LogP contribution is -2.29. The number of carbonyl (C=O) groups is 2. The van der Waals surface area contributed by atoms with Crippen LogP contribution >= 0.6 is 0 Å². The Morgan fingerprint density at radius 2 is 1.96 bits per heavy atom. The number of benzene rings is 1. The van der Waals surface area contributed by atoms with E-state index in [9.17, 15) is 22.8 Å². The van der Waals surface area contributed by atoms with Gasteiger partial charge in [0.1, 0.15) is 11.4 Å². The molecule has 0 fully saturated rings. The number of amides is 1. The van der Waals surface area contributed by atoms with E-state index >= 15 is 0 Å². The van der Waals surface area contributed by atoms with Crippen LogP contribution in [0, 0.1) is 0 Å². The predicted molar refractivity (Wildman–Crippen MR) is 85.0 cm³/mol. The van der Waals surface area contributed by atoms with Gasteiger partial charge in [-0.1, -0.05) is 12.1 Å². The first-order chi connectivity index (χ1) is 12.2. The predicted octanol–water partition coefficient (Wildman–Crippen LogP) is 2.52. The smallest absolute Gasteiger partial charge is 0.436 e. The number of hydrogen-bond donors (Lipinski definition) is 3. The van der Waals surface area contributed by atoms with Crippen LogP contribution in [0.25, 0.3) is 0 Å². The highest BCUT2D eigenvalue weighted by Gasteiger charge is 2.42. The number of carboxylic acid groups (broad SMARTS) is 1. The molecule has 2 heterocycles. The molecule has 3 N–H and O–H groups in total. The molecule has 1 aliphatic heterocycles. The molecule has 1 aromatic carbocycles. The first-order valence-corrected chi connectivity index (χ1v) is 7.74. The van der Waals surface area contributed by atoms with Crippen molar-refractivity contribution in [2.75, 3.05) is 11.9 Å². The summed E-state index contributed by atoms with van der Waals surface area (Å²) >= 11 is 0. The van der Waals surface area contributed by atoms with E-state index in [1.54, 1.807) is 6.92 Å². The average Bonchev–Trinajstić information content (AvgIpc) is 3.14. The van der Waals surface area contributed by atoms with Gasteiger partial charge in [0.25, 0.3) is 5.91 Å². The molecule has 3 rings (SSSR count). The third kappa shape index (κ3) is 3.22. The normalized spacial score (nSPS) is 14.5. The Labute approximate surface area is 145 Å². The van der Waals surface area contributed by atoms with Crippen LogP contribution in [-0.4, -0.2) is 33.3 Å². The molecule has 138 valence electrons. The van der Waals surface area contributed by atoms with E-state index in [4.69, 9.17) is 5.11 Å². The van der Waals surface area contributed by atoms with Crippen LogP contribution in [0.2, 0.25) is 0 Å². The maximum atomic E-state index is 13.2. The lowest BCUT2D eigenvalue weighted by atomic mass is 10.1. The van der Waals surface area contributed by atoms with E-state index in [2.05, 4.69) is 15.7 Å². The van der Waals surface area contributed by atoms with Crippen molar-refractivity contribution in [3.8, 4) is 0 Å². The molecule has 26 heavy (non-hydrogen) atoms. The van der Waals surface area contributed by atoms with Gasteiger partial charge in [-0.3, -0.25) is 4.79 Å². The number of carboxylic acids is 1. The zero-order valence-corrected chi connectivity index (χ0v) is 13.6. The summed E-state index contributed by atoms with van der Waals surface area (Å²) in [5.74, 6) is -1.95. The monoisotopic (exact) mass is 368 g/mol. The summed E-state index contributed by atoms with van der Waals surface area (Å²) in [6.07, 6.45) is -4.75. The Kier molecular flexibility index (Phi) is 4.34. The Morgan fingerprint density at radius 1 is 1.31 bits per heavy atom. The number of carbonyl (C=O) groups excluding carboxylic acids is 1. The Bertz CT molecular complexity index is 859. The van der Waals surface area contributed by atoms with E-state index in [-0.39, 0.29) is 17.9 Å². The molecule has 0 saturated carbocycles. The van der Waals surface area contributed by atoms with Crippen molar-refractivity contribution in [2.24, 2.45) is 0 Å². The number of nitrogens with zero attached hydrogens (tertiary/aromatic N) is 2. The van der Waals surface area contributed by atoms with Gasteiger partial charge in [-0.2, -0.15) is 18.3 Å². The molecule has 10 heteroatoms. The first-order valence-electron chi connectivity index (χ1n) is 7.74. The highest BCUT2D eigenvalue weighted by atomic mass is 19.4. The van der Waals surface area contributed by atoms with Gasteiger partial charge in [0.05, 0.1) is 18.2 Å². The number of aromatic carboxylic acids is 1. The summed E-state index contributed by atoms with van der Waals surface area (Å²) in [6, 6.07) is 5.10. The summed E-state index contributed by atoms with van der Waals surface area (Å²) in [5, 5.41) is 17.6. The number of fused-ring (bicyclic) bond motifs is 1. The second-order valence-corrected chi connectivity index (χ2v) is 5.84. The van der Waals surface area contributed by atoms with Crippen molar-refractivity contribution in [3.05, 3.63) is 46.6 Å². The van der Waals surface area contributed by atoms with E-state index < -0.39 is 35.4 Å². The highest BCUT2D eigenvalue weighted by Crippen LogP contribution is 2.36. The van der Waals surface area contributed by atoms with Crippen molar-refractivity contribution in [2.45, 2.75) is 25.7 Å². The molecule has 0 bridgehead atoms. The molecule has 0 spiro atoms. The fourth-order valence-corrected chi connectivity index (χ4v) is 2.76. The third-order valence-electron chi connectivity index (χ3n) is 4.07. The molecule has 1 amide bonds. The van der Waals surface area contributed by atoms with Gasteiger partial charge in [0.15, 0.2) is 5.69 Å². The van der Waals surface area contributed by atoms with Gasteiger partial charge in [-0.15, -0.1) is 0 Å². The van der Waals surface area contributed by atoms with Crippen LogP contribution in [0.3, 0.4) is 0 Å². The van der Waals surface area contributed by atoms with Crippen LogP contribution < -0.4 is 10.6 Å². The quantitative estimate of drug-likeness (QED) is 0.771. The molecule has 1 aliphatic rings. The van der Waals surface area contributed by atoms with Crippen LogP contribution in [0.1, 0.15) is 44.9 Å². The molecule has 7 nitrogen and oxygen atoms in total. The van der Waals surface area contributed by atoms with Crippen molar-refractivity contribution >= 4 is 17.7 Å². The van der Waals surface area contributed by atoms with E-state index in [0.717, 1.165) is 4.68 Å². The van der Waals surface area contributed by atoms with Gasteiger partial charge < -0.3 is 15.7 Å². The molecule has 0 radical (unpaired) electrons. The van der Waals surface area contributed by atoms with Gasteiger partial charge in [0.2, 0.25) is 0 Å². The standard InChI is InChI=1S/C16H15F3N4O3/c1-8(9-2-4-10(5-3-9)15(25)26)21-14(24)11-12(16(17,18)19)22-23-7-6-20-13(11)23/h2-5,8,20H,6-7H2,1H3,(H,21,24)(H,25,26). The van der Waals surface area contributed by atoms with Crippen molar-refractivity contribution < 1.29 is 27.9 Å². The maximum absolute atomic E-state index is 13.2. The summed E-state index contributed by atoms with van der Waals surface area (Å²) < 4.78 is 40.7. The second-order valence-electron chi connectivity index (χ2n) is 5.84. The van der Waals surface area contributed by atoms with Crippen LogP contribution in [-0.2, 0) is 12.7 Å². The van der Waals surface area contributed by atoms with Crippen LogP contribution in [0.4, 0.5) is 19.0 Å². The lowest BCUT2D eigenvalue weighted by molar-refractivity contribution is -0.141. The first kappa shape index (κ1) is 17.8. The van der Waals surface area contributed by atoms with Crippen LogP contribution in [0.5, 0.6) is 0 Å². The molecule has 0 aliphatic carbocycles. The third-order valence-corrected chi connectivity index (χ3v) is 4.07. The number of anilines is 1. The van der Waals surface area contributed by atoms with Gasteiger partial charge in [-0.05, 0) is 24.6 Å². The molecule has 0 saturated heterocycles. The number of alkyl halides is 3. The number of aromatic nitrogens is 2. The summed E-state index contributed by atoms with van der Waals surface area (Å²) in [4.78, 5) is 23.4. The van der Waals surface area contributed by atoms with E-state index in [0.29, 0.717) is 12.1 Å². The fraction of sp³-hybridized carbons (Fsp3) is 0.312. The zero-order chi connectivity index (χ0) is 19.1. The van der Waals surface area contributed by atoms with Gasteiger partial charge >= 0.3 is 12.1 Å². The SMILES string of the molecule is CC(NC(=O)c1c(C(F)(F)F)nn2c1NCC2)c1ccc(C(=O)O)cc1. The maximum Gasteiger partial charge on any atom is 0.436 e. The number of halogens is 3. The zero-order valence-electron chi connectivity index (χ0n) is 13.6. The molecule has 2 aromatic rings. The Balaban J connectivity index is 1.85. The minimum atomic E-state index is -4.75. The molecule has 1 atom stereocenters. The van der Waals surface area contributed by atoms with Gasteiger partial charge in [0, 0.05) is 6.54 Å². The number of nitrogens with one attached hydrogen (secondary N) is 2. The molecule has 1 aromatic heterocycles. The average molecular weight is 368 g/mol. The minimum absolute atomic E-state index is 0.0447. The molecular weight excluding hydrogens is 353 g/mol. The van der Waals surface area contributed by atoms with Crippen molar-refractivity contribution in [1.29, 1.82) is 0 Å². The van der Waals surface area contributed by atoms with Crippen LogP contribution in [0.15, 0.2) is 24.3 Å². The summed E-state index contributed by atoms with van der Waals surface area (Å²) in [5.41, 5.74) is -1.13. The topological polar surface area (TPSA) is 96.3 Å². The lowest BCUT2D eigenvalue weighted by Gasteiger charge is -2.15. The summed E-state index contributed by atoms with van der Waals surface area (Å²) in [7, 11) is 0. The highest BCUT2D eigenvalue weighted by molar-refractivity contribution is 6.00. The van der Waals surface area contributed by atoms with Gasteiger partial charge in [-0.25, -0.2) is 9.48 Å².